The molecule has 0 N–H and O–H groups in total. The van der Waals surface area contributed by atoms with Crippen LogP contribution < -0.4 is 10.3 Å². The summed E-state index contributed by atoms with van der Waals surface area (Å²) >= 11 is 5.97. The quantitative estimate of drug-likeness (QED) is 0.682. The Labute approximate surface area is 143 Å². The van der Waals surface area contributed by atoms with E-state index < -0.39 is 0 Å². The van der Waals surface area contributed by atoms with E-state index in [0.717, 1.165) is 5.56 Å². The number of ketones is 1. The van der Waals surface area contributed by atoms with E-state index >= 15 is 0 Å². The van der Waals surface area contributed by atoms with Crippen molar-refractivity contribution >= 4 is 28.3 Å². The zero-order valence-corrected chi connectivity index (χ0v) is 14.0. The molecular formula is C18H15ClN2O3. The van der Waals surface area contributed by atoms with E-state index in [1.165, 1.54) is 17.8 Å². The van der Waals surface area contributed by atoms with Crippen LogP contribution in [0.5, 0.6) is 5.75 Å². The first-order chi connectivity index (χ1) is 11.5. The molecule has 6 heteroatoms. The maximum atomic E-state index is 12.7. The summed E-state index contributed by atoms with van der Waals surface area (Å²) in [5, 5.41) is 0.932. The van der Waals surface area contributed by atoms with Crippen molar-refractivity contribution in [1.29, 1.82) is 0 Å². The van der Waals surface area contributed by atoms with E-state index in [4.69, 9.17) is 16.3 Å². The summed E-state index contributed by atoms with van der Waals surface area (Å²) in [7, 11) is 1.55. The minimum atomic E-state index is -0.196. The largest absolute Gasteiger partial charge is 0.496 e. The molecular weight excluding hydrogens is 328 g/mol. The van der Waals surface area contributed by atoms with Crippen LogP contribution in [-0.4, -0.2) is 22.4 Å². The smallest absolute Gasteiger partial charge is 0.261 e. The third kappa shape index (κ3) is 3.03. The number of hydrogen-bond acceptors (Lipinski definition) is 4. The second-order valence-corrected chi connectivity index (χ2v) is 5.86. The van der Waals surface area contributed by atoms with Crippen LogP contribution in [0.4, 0.5) is 0 Å². The molecule has 0 aliphatic heterocycles. The Morgan fingerprint density at radius 1 is 1.25 bits per heavy atom. The number of nitrogens with zero attached hydrogens (tertiary/aromatic N) is 2. The van der Waals surface area contributed by atoms with Crippen molar-refractivity contribution in [2.24, 2.45) is 0 Å². The number of hydrogen-bond donors (Lipinski definition) is 0. The number of fused-ring (bicyclic) bond motifs is 1. The number of benzene rings is 2. The lowest BCUT2D eigenvalue weighted by atomic mass is 10.1. The summed E-state index contributed by atoms with van der Waals surface area (Å²) in [6.45, 7) is 1.75. The molecule has 0 unspecified atom stereocenters. The van der Waals surface area contributed by atoms with E-state index in [-0.39, 0.29) is 17.9 Å². The number of methoxy groups -OCH3 is 1. The highest BCUT2D eigenvalue weighted by Crippen LogP contribution is 2.21. The van der Waals surface area contributed by atoms with Crippen LogP contribution in [-0.2, 0) is 6.54 Å². The summed E-state index contributed by atoms with van der Waals surface area (Å²) in [6, 6.07) is 10.2. The Morgan fingerprint density at radius 3 is 2.75 bits per heavy atom. The topological polar surface area (TPSA) is 61.2 Å². The van der Waals surface area contributed by atoms with Crippen LogP contribution in [0.2, 0.25) is 5.02 Å². The molecule has 0 amide bonds. The monoisotopic (exact) mass is 342 g/mol. The van der Waals surface area contributed by atoms with Crippen molar-refractivity contribution in [2.75, 3.05) is 7.11 Å². The van der Waals surface area contributed by atoms with Crippen LogP contribution in [0.25, 0.3) is 10.9 Å². The van der Waals surface area contributed by atoms with Crippen molar-refractivity contribution < 1.29 is 9.53 Å². The first kappa shape index (κ1) is 16.2. The minimum Gasteiger partial charge on any atom is -0.496 e. The molecule has 3 aromatic rings. The second kappa shape index (κ2) is 6.45. The number of carbonyl (C=O) groups excluding carboxylic acids is 1. The van der Waals surface area contributed by atoms with Gasteiger partial charge in [0.2, 0.25) is 0 Å². The lowest BCUT2D eigenvalue weighted by Gasteiger charge is -2.12. The Morgan fingerprint density at radius 2 is 2.04 bits per heavy atom. The third-order valence-electron chi connectivity index (χ3n) is 3.81. The van der Waals surface area contributed by atoms with E-state index in [1.807, 2.05) is 0 Å². The molecule has 1 heterocycles. The molecule has 0 spiro atoms. The van der Waals surface area contributed by atoms with Crippen LogP contribution >= 0.6 is 11.6 Å². The van der Waals surface area contributed by atoms with Crippen molar-refractivity contribution in [3.05, 3.63) is 69.2 Å². The van der Waals surface area contributed by atoms with Crippen molar-refractivity contribution in [1.82, 2.24) is 9.55 Å². The van der Waals surface area contributed by atoms with Crippen molar-refractivity contribution in [2.45, 2.75) is 13.5 Å². The fraction of sp³-hybridized carbons (Fsp3) is 0.167. The molecule has 0 aliphatic carbocycles. The maximum Gasteiger partial charge on any atom is 0.261 e. The fourth-order valence-electron chi connectivity index (χ4n) is 2.55. The summed E-state index contributed by atoms with van der Waals surface area (Å²) in [4.78, 5) is 28.5. The predicted molar refractivity (Wildman–Crippen MR) is 93.1 cm³/mol. The first-order valence-corrected chi connectivity index (χ1v) is 7.70. The van der Waals surface area contributed by atoms with Gasteiger partial charge in [-0.3, -0.25) is 14.2 Å². The van der Waals surface area contributed by atoms with Gasteiger partial charge in [-0.05, 0) is 43.3 Å². The molecule has 2 aromatic carbocycles. The normalized spacial score (nSPS) is 10.8. The van der Waals surface area contributed by atoms with Gasteiger partial charge in [-0.15, -0.1) is 0 Å². The fourth-order valence-corrected chi connectivity index (χ4v) is 2.72. The molecule has 0 atom stereocenters. The second-order valence-electron chi connectivity index (χ2n) is 5.42. The zero-order chi connectivity index (χ0) is 17.3. The van der Waals surface area contributed by atoms with Crippen molar-refractivity contribution in [3.63, 3.8) is 0 Å². The van der Waals surface area contributed by atoms with Crippen molar-refractivity contribution in [3.8, 4) is 5.75 Å². The molecule has 0 radical (unpaired) electrons. The molecule has 0 aliphatic rings. The maximum absolute atomic E-state index is 12.7. The van der Waals surface area contributed by atoms with Gasteiger partial charge < -0.3 is 4.74 Å². The number of halogens is 1. The van der Waals surface area contributed by atoms with E-state index in [9.17, 15) is 9.59 Å². The summed E-state index contributed by atoms with van der Waals surface area (Å²) in [5.41, 5.74) is 1.69. The van der Waals surface area contributed by atoms with Gasteiger partial charge in [0.1, 0.15) is 5.75 Å². The standard InChI is InChI=1S/C18H15ClN2O3/c1-11(22)12-3-6-17(24-2)13(7-12)9-21-10-20-16-5-4-14(19)8-15(16)18(21)23/h3-8,10H,9H2,1-2H3. The lowest BCUT2D eigenvalue weighted by Crippen LogP contribution is -2.21. The molecule has 1 aromatic heterocycles. The number of aromatic nitrogens is 2. The lowest BCUT2D eigenvalue weighted by molar-refractivity contribution is 0.101. The molecule has 5 nitrogen and oxygen atoms in total. The zero-order valence-electron chi connectivity index (χ0n) is 13.2. The van der Waals surface area contributed by atoms with E-state index in [2.05, 4.69) is 4.98 Å². The first-order valence-electron chi connectivity index (χ1n) is 7.32. The predicted octanol–water partition coefficient (Wildman–Crippen LogP) is 3.31. The number of carbonyl (C=O) groups is 1. The average molecular weight is 343 g/mol. The Balaban J connectivity index is 2.10. The average Bonchev–Trinajstić information content (AvgIpc) is 2.57. The molecule has 24 heavy (non-hydrogen) atoms. The Hall–Kier alpha value is -2.66. The molecule has 0 bridgehead atoms. The van der Waals surface area contributed by atoms with Gasteiger partial charge in [-0.2, -0.15) is 0 Å². The summed E-state index contributed by atoms with van der Waals surface area (Å²) in [6.07, 6.45) is 1.48. The van der Waals surface area contributed by atoms with E-state index in [0.29, 0.717) is 27.2 Å². The van der Waals surface area contributed by atoms with Crippen LogP contribution in [0.3, 0.4) is 0 Å². The molecule has 0 saturated carbocycles. The SMILES string of the molecule is COc1ccc(C(C)=O)cc1Cn1cnc2ccc(Cl)cc2c1=O. The van der Waals surface area contributed by atoms with Gasteiger partial charge >= 0.3 is 0 Å². The van der Waals surface area contributed by atoms with Gasteiger partial charge in [0, 0.05) is 16.1 Å². The summed E-state index contributed by atoms with van der Waals surface area (Å²) in [5.74, 6) is 0.563. The van der Waals surface area contributed by atoms with Gasteiger partial charge in [0.25, 0.3) is 5.56 Å². The van der Waals surface area contributed by atoms with Crippen LogP contribution in [0.1, 0.15) is 22.8 Å². The van der Waals surface area contributed by atoms with E-state index in [1.54, 1.807) is 43.5 Å². The Bertz CT molecular complexity index is 995. The molecule has 0 saturated heterocycles. The van der Waals surface area contributed by atoms with Gasteiger partial charge in [-0.1, -0.05) is 11.6 Å². The highest BCUT2D eigenvalue weighted by Gasteiger charge is 2.11. The molecule has 3 rings (SSSR count). The molecule has 122 valence electrons. The van der Waals surface area contributed by atoms with Crippen LogP contribution in [0.15, 0.2) is 47.5 Å². The minimum absolute atomic E-state index is 0.0466. The van der Waals surface area contributed by atoms with Gasteiger partial charge in [-0.25, -0.2) is 4.98 Å². The Kier molecular flexibility index (Phi) is 4.36. The number of Topliss-reactive ketones (excluding diaryl/α,β-unsaturated/α-hetero) is 1. The number of ether oxygens (including phenoxy) is 1. The highest BCUT2D eigenvalue weighted by molar-refractivity contribution is 6.31. The number of rotatable bonds is 4. The van der Waals surface area contributed by atoms with Crippen LogP contribution in [0, 0.1) is 0 Å². The van der Waals surface area contributed by atoms with Gasteiger partial charge in [0.15, 0.2) is 5.78 Å². The van der Waals surface area contributed by atoms with Gasteiger partial charge in [0.05, 0.1) is 30.9 Å². The summed E-state index contributed by atoms with van der Waals surface area (Å²) < 4.78 is 6.80. The molecule has 0 fully saturated rings. The third-order valence-corrected chi connectivity index (χ3v) is 4.05. The highest BCUT2D eigenvalue weighted by atomic mass is 35.5.